The van der Waals surface area contributed by atoms with Gasteiger partial charge in [-0.3, -0.25) is 25.2 Å². The molecular formula is C24H29N3O4. The van der Waals surface area contributed by atoms with Crippen LogP contribution in [-0.2, 0) is 16.0 Å². The van der Waals surface area contributed by atoms with E-state index in [1.54, 1.807) is 30.3 Å². The highest BCUT2D eigenvalue weighted by molar-refractivity contribution is 5.97. The van der Waals surface area contributed by atoms with E-state index >= 15 is 0 Å². The monoisotopic (exact) mass is 423 g/mol. The molecule has 31 heavy (non-hydrogen) atoms. The second kappa shape index (κ2) is 11.2. The molecule has 1 aliphatic rings. The molecule has 1 aliphatic carbocycles. The molecule has 0 heterocycles. The van der Waals surface area contributed by atoms with Crippen molar-refractivity contribution >= 4 is 23.4 Å². The summed E-state index contributed by atoms with van der Waals surface area (Å²) >= 11 is 0. The summed E-state index contributed by atoms with van der Waals surface area (Å²) in [6.07, 6.45) is 6.13. The fourth-order valence-electron chi connectivity index (χ4n) is 3.55. The predicted octanol–water partition coefficient (Wildman–Crippen LogP) is 3.61. The Morgan fingerprint density at radius 2 is 1.71 bits per heavy atom. The van der Waals surface area contributed by atoms with Crippen LogP contribution in [0.2, 0.25) is 0 Å². The number of hydrogen-bond acceptors (Lipinski definition) is 4. The number of amides is 3. The minimum absolute atomic E-state index is 0.0358. The zero-order valence-corrected chi connectivity index (χ0v) is 17.8. The molecule has 3 rings (SSSR count). The largest absolute Gasteiger partial charge is 0.484 e. The van der Waals surface area contributed by atoms with E-state index in [9.17, 15) is 14.4 Å². The van der Waals surface area contributed by atoms with Crippen LogP contribution in [0.25, 0.3) is 0 Å². The Morgan fingerprint density at radius 1 is 0.968 bits per heavy atom. The lowest BCUT2D eigenvalue weighted by Gasteiger charge is -2.20. The van der Waals surface area contributed by atoms with E-state index in [0.29, 0.717) is 17.0 Å². The van der Waals surface area contributed by atoms with E-state index in [-0.39, 0.29) is 18.4 Å². The lowest BCUT2D eigenvalue weighted by Crippen LogP contribution is -2.43. The molecule has 0 unspecified atom stereocenters. The number of ether oxygens (including phenoxy) is 1. The Labute approximate surface area is 182 Å². The molecule has 2 aromatic rings. The minimum atomic E-state index is -0.466. The molecule has 164 valence electrons. The molecule has 0 atom stereocenters. The molecule has 1 fully saturated rings. The molecule has 0 saturated heterocycles. The Bertz CT molecular complexity index is 905. The van der Waals surface area contributed by atoms with E-state index in [0.717, 1.165) is 37.7 Å². The van der Waals surface area contributed by atoms with Crippen LogP contribution in [0.4, 0.5) is 5.69 Å². The van der Waals surface area contributed by atoms with Crippen molar-refractivity contribution in [1.82, 2.24) is 10.9 Å². The zero-order valence-electron chi connectivity index (χ0n) is 17.8. The molecule has 0 spiro atoms. The zero-order chi connectivity index (χ0) is 22.1. The van der Waals surface area contributed by atoms with Gasteiger partial charge in [0.15, 0.2) is 6.61 Å². The van der Waals surface area contributed by atoms with Gasteiger partial charge in [0.1, 0.15) is 5.75 Å². The molecular weight excluding hydrogens is 394 g/mol. The Kier molecular flexibility index (Phi) is 8.04. The van der Waals surface area contributed by atoms with Gasteiger partial charge in [0.05, 0.1) is 0 Å². The first kappa shape index (κ1) is 22.3. The van der Waals surface area contributed by atoms with Gasteiger partial charge >= 0.3 is 0 Å². The van der Waals surface area contributed by atoms with E-state index in [1.165, 1.54) is 6.42 Å². The molecule has 2 aromatic carbocycles. The fraction of sp³-hybridized carbons (Fsp3) is 0.375. The standard InChI is InChI=1S/C24H29N3O4/c1-2-17-7-6-10-21(15-17)31-16-22(28)26-27-24(30)19-11-13-20(14-12-19)25-23(29)18-8-4-3-5-9-18/h6-7,10-15,18H,2-5,8-9,16H2,1H3,(H,25,29)(H,26,28)(H,27,30). The van der Waals surface area contributed by atoms with Crippen LogP contribution in [0.1, 0.15) is 54.9 Å². The highest BCUT2D eigenvalue weighted by Crippen LogP contribution is 2.25. The van der Waals surface area contributed by atoms with E-state index in [4.69, 9.17) is 4.74 Å². The van der Waals surface area contributed by atoms with Crippen LogP contribution in [0.3, 0.4) is 0 Å². The van der Waals surface area contributed by atoms with Crippen LogP contribution < -0.4 is 20.9 Å². The van der Waals surface area contributed by atoms with Crippen LogP contribution in [0, 0.1) is 5.92 Å². The van der Waals surface area contributed by atoms with Gasteiger partial charge in [-0.25, -0.2) is 0 Å². The summed E-state index contributed by atoms with van der Waals surface area (Å²) in [5.74, 6) is -0.211. The van der Waals surface area contributed by atoms with E-state index in [2.05, 4.69) is 16.2 Å². The van der Waals surface area contributed by atoms with Gasteiger partial charge in [0.2, 0.25) is 5.91 Å². The van der Waals surface area contributed by atoms with E-state index < -0.39 is 11.8 Å². The van der Waals surface area contributed by atoms with Gasteiger partial charge in [0.25, 0.3) is 11.8 Å². The third-order valence-corrected chi connectivity index (χ3v) is 5.38. The van der Waals surface area contributed by atoms with Crippen LogP contribution in [0.5, 0.6) is 5.75 Å². The van der Waals surface area contributed by atoms with Crippen molar-refractivity contribution < 1.29 is 19.1 Å². The molecule has 3 N–H and O–H groups in total. The quantitative estimate of drug-likeness (QED) is 0.593. The summed E-state index contributed by atoms with van der Waals surface area (Å²) in [4.78, 5) is 36.5. The summed E-state index contributed by atoms with van der Waals surface area (Å²) in [6.45, 7) is 1.83. The Balaban J connectivity index is 1.42. The van der Waals surface area contributed by atoms with Gasteiger partial charge in [-0.05, 0) is 61.2 Å². The van der Waals surface area contributed by atoms with Crippen molar-refractivity contribution in [3.05, 3.63) is 59.7 Å². The number of carbonyl (C=O) groups is 3. The smallest absolute Gasteiger partial charge is 0.276 e. The van der Waals surface area contributed by atoms with Crippen molar-refractivity contribution in [2.75, 3.05) is 11.9 Å². The summed E-state index contributed by atoms with van der Waals surface area (Å²) < 4.78 is 5.45. The van der Waals surface area contributed by atoms with Crippen molar-refractivity contribution in [1.29, 1.82) is 0 Å². The summed E-state index contributed by atoms with van der Waals surface area (Å²) in [7, 11) is 0. The Hall–Kier alpha value is -3.35. The SMILES string of the molecule is CCc1cccc(OCC(=O)NNC(=O)c2ccc(NC(=O)C3CCCCC3)cc2)c1. The number of hydrogen-bond donors (Lipinski definition) is 3. The number of hydrazine groups is 1. The first-order chi connectivity index (χ1) is 15.0. The third-order valence-electron chi connectivity index (χ3n) is 5.38. The van der Waals surface area contributed by atoms with Gasteiger partial charge in [-0.1, -0.05) is 38.3 Å². The summed E-state index contributed by atoms with van der Waals surface area (Å²) in [5, 5.41) is 2.91. The number of carbonyl (C=O) groups excluding carboxylic acids is 3. The van der Waals surface area contributed by atoms with Crippen molar-refractivity contribution in [3.63, 3.8) is 0 Å². The second-order valence-electron chi connectivity index (χ2n) is 7.69. The normalized spacial score (nSPS) is 13.8. The fourth-order valence-corrected chi connectivity index (χ4v) is 3.55. The lowest BCUT2D eigenvalue weighted by molar-refractivity contribution is -0.124. The maximum atomic E-state index is 12.3. The molecule has 7 heteroatoms. The maximum absolute atomic E-state index is 12.3. The number of nitrogens with one attached hydrogen (secondary N) is 3. The highest BCUT2D eigenvalue weighted by Gasteiger charge is 2.21. The van der Waals surface area contributed by atoms with E-state index in [1.807, 2.05) is 25.1 Å². The van der Waals surface area contributed by atoms with Crippen molar-refractivity contribution in [3.8, 4) is 5.75 Å². The molecule has 0 aromatic heterocycles. The van der Waals surface area contributed by atoms with Crippen LogP contribution in [-0.4, -0.2) is 24.3 Å². The lowest BCUT2D eigenvalue weighted by atomic mass is 9.88. The first-order valence-electron chi connectivity index (χ1n) is 10.8. The van der Waals surface area contributed by atoms with Crippen molar-refractivity contribution in [2.45, 2.75) is 45.4 Å². The number of aryl methyl sites for hydroxylation is 1. The highest BCUT2D eigenvalue weighted by atomic mass is 16.5. The summed E-state index contributed by atoms with van der Waals surface area (Å²) in [6, 6.07) is 14.1. The minimum Gasteiger partial charge on any atom is -0.484 e. The predicted molar refractivity (Wildman–Crippen MR) is 119 cm³/mol. The van der Waals surface area contributed by atoms with Crippen LogP contribution >= 0.6 is 0 Å². The Morgan fingerprint density at radius 3 is 2.42 bits per heavy atom. The molecule has 1 saturated carbocycles. The van der Waals surface area contributed by atoms with Crippen LogP contribution in [0.15, 0.2) is 48.5 Å². The van der Waals surface area contributed by atoms with Gasteiger partial charge < -0.3 is 10.1 Å². The number of rotatable bonds is 7. The molecule has 0 radical (unpaired) electrons. The van der Waals surface area contributed by atoms with Gasteiger partial charge in [-0.15, -0.1) is 0 Å². The van der Waals surface area contributed by atoms with Gasteiger partial charge in [-0.2, -0.15) is 0 Å². The van der Waals surface area contributed by atoms with Crippen molar-refractivity contribution in [2.24, 2.45) is 5.92 Å². The molecule has 0 bridgehead atoms. The average Bonchev–Trinajstić information content (AvgIpc) is 2.82. The topological polar surface area (TPSA) is 96.5 Å². The molecule has 0 aliphatic heterocycles. The number of anilines is 1. The molecule has 7 nitrogen and oxygen atoms in total. The first-order valence-corrected chi connectivity index (χ1v) is 10.8. The molecule has 3 amide bonds. The summed E-state index contributed by atoms with van der Waals surface area (Å²) in [5.41, 5.74) is 6.84. The number of benzene rings is 2. The van der Waals surface area contributed by atoms with Gasteiger partial charge in [0, 0.05) is 17.2 Å². The average molecular weight is 424 g/mol. The second-order valence-corrected chi connectivity index (χ2v) is 7.69. The third kappa shape index (κ3) is 6.84. The maximum Gasteiger partial charge on any atom is 0.276 e.